The molecule has 128 valence electrons. The van der Waals surface area contributed by atoms with E-state index >= 15 is 0 Å². The molecule has 1 aliphatic carbocycles. The molecular formula is C18H23FN4O. The van der Waals surface area contributed by atoms with Crippen molar-refractivity contribution in [3.05, 3.63) is 47.5 Å². The third-order valence-electron chi connectivity index (χ3n) is 4.76. The fraction of sp³-hybridized carbons (Fsp3) is 0.444. The maximum Gasteiger partial charge on any atom is 0.223 e. The van der Waals surface area contributed by atoms with Gasteiger partial charge in [-0.1, -0.05) is 0 Å². The Morgan fingerprint density at radius 3 is 2.62 bits per heavy atom. The number of hydrogen-bond acceptors (Lipinski definition) is 3. The van der Waals surface area contributed by atoms with E-state index < -0.39 is 0 Å². The molecule has 1 aromatic carbocycles. The summed E-state index contributed by atoms with van der Waals surface area (Å²) in [5.41, 5.74) is 2.63. The number of aryl methyl sites for hydroxylation is 1. The van der Waals surface area contributed by atoms with E-state index in [0.717, 1.165) is 29.8 Å². The van der Waals surface area contributed by atoms with Crippen molar-refractivity contribution in [1.82, 2.24) is 20.0 Å². The summed E-state index contributed by atoms with van der Waals surface area (Å²) in [7, 11) is 4.10. The molecule has 6 heteroatoms. The topological polar surface area (TPSA) is 50.2 Å². The molecule has 0 saturated heterocycles. The Balaban J connectivity index is 1.58. The van der Waals surface area contributed by atoms with Crippen LogP contribution in [-0.2, 0) is 11.3 Å². The lowest BCUT2D eigenvalue weighted by Crippen LogP contribution is -2.46. The van der Waals surface area contributed by atoms with Crippen LogP contribution in [0.2, 0.25) is 0 Å². The van der Waals surface area contributed by atoms with Gasteiger partial charge in [-0.15, -0.1) is 0 Å². The van der Waals surface area contributed by atoms with Crippen LogP contribution in [0, 0.1) is 18.7 Å². The molecule has 2 aromatic rings. The van der Waals surface area contributed by atoms with Crippen LogP contribution in [0.3, 0.4) is 0 Å². The first-order valence-electron chi connectivity index (χ1n) is 8.19. The van der Waals surface area contributed by atoms with Gasteiger partial charge in [-0.3, -0.25) is 4.79 Å². The van der Waals surface area contributed by atoms with Gasteiger partial charge in [0.1, 0.15) is 5.82 Å². The van der Waals surface area contributed by atoms with Gasteiger partial charge in [0, 0.05) is 30.3 Å². The van der Waals surface area contributed by atoms with Crippen LogP contribution in [0.5, 0.6) is 0 Å². The van der Waals surface area contributed by atoms with E-state index in [1.165, 1.54) is 12.1 Å². The maximum atomic E-state index is 13.0. The Kier molecular flexibility index (Phi) is 4.66. The van der Waals surface area contributed by atoms with E-state index in [-0.39, 0.29) is 17.6 Å². The van der Waals surface area contributed by atoms with E-state index in [0.29, 0.717) is 12.6 Å². The molecule has 1 fully saturated rings. The summed E-state index contributed by atoms with van der Waals surface area (Å²) in [5.74, 6) is -0.0430. The SMILES string of the molecule is Cc1nn(-c2ccc(F)cc2)cc1CNC(=O)C1CC(N(C)C)C1. The molecule has 1 aliphatic rings. The molecule has 24 heavy (non-hydrogen) atoms. The van der Waals surface area contributed by atoms with Gasteiger partial charge in [-0.25, -0.2) is 9.07 Å². The largest absolute Gasteiger partial charge is 0.352 e. The number of carbonyl (C=O) groups is 1. The minimum absolute atomic E-state index is 0.113. The number of rotatable bonds is 5. The van der Waals surface area contributed by atoms with Gasteiger partial charge < -0.3 is 10.2 Å². The van der Waals surface area contributed by atoms with E-state index in [9.17, 15) is 9.18 Å². The number of halogens is 1. The summed E-state index contributed by atoms with van der Waals surface area (Å²) in [4.78, 5) is 14.4. The smallest absolute Gasteiger partial charge is 0.223 e. The van der Waals surface area contributed by atoms with Crippen molar-refractivity contribution < 1.29 is 9.18 Å². The van der Waals surface area contributed by atoms with Crippen molar-refractivity contribution >= 4 is 5.91 Å². The van der Waals surface area contributed by atoms with Gasteiger partial charge in [-0.2, -0.15) is 5.10 Å². The normalized spacial score (nSPS) is 20.0. The highest BCUT2D eigenvalue weighted by Crippen LogP contribution is 2.30. The second-order valence-corrected chi connectivity index (χ2v) is 6.66. The predicted octanol–water partition coefficient (Wildman–Crippen LogP) is 2.28. The van der Waals surface area contributed by atoms with Crippen LogP contribution in [0.4, 0.5) is 4.39 Å². The lowest BCUT2D eigenvalue weighted by Gasteiger charge is -2.38. The third kappa shape index (κ3) is 3.48. The number of nitrogens with one attached hydrogen (secondary N) is 1. The average Bonchev–Trinajstić information content (AvgIpc) is 2.85. The number of carbonyl (C=O) groups excluding carboxylic acids is 1. The van der Waals surface area contributed by atoms with Crippen molar-refractivity contribution in [2.24, 2.45) is 5.92 Å². The molecule has 0 aliphatic heterocycles. The van der Waals surface area contributed by atoms with E-state index in [4.69, 9.17) is 0 Å². The molecule has 1 N–H and O–H groups in total. The quantitative estimate of drug-likeness (QED) is 0.915. The molecule has 1 aromatic heterocycles. The van der Waals surface area contributed by atoms with Crippen molar-refractivity contribution in [1.29, 1.82) is 0 Å². The highest BCUT2D eigenvalue weighted by molar-refractivity contribution is 5.79. The lowest BCUT2D eigenvalue weighted by molar-refractivity contribution is -0.129. The third-order valence-corrected chi connectivity index (χ3v) is 4.76. The zero-order chi connectivity index (χ0) is 17.3. The molecule has 1 amide bonds. The molecule has 1 heterocycles. The van der Waals surface area contributed by atoms with Gasteiger partial charge in [0.05, 0.1) is 11.4 Å². The number of amides is 1. The molecule has 5 nitrogen and oxygen atoms in total. The van der Waals surface area contributed by atoms with E-state index in [2.05, 4.69) is 15.3 Å². The fourth-order valence-corrected chi connectivity index (χ4v) is 2.95. The molecule has 1 saturated carbocycles. The summed E-state index contributed by atoms with van der Waals surface area (Å²) in [6.45, 7) is 2.38. The first-order chi connectivity index (χ1) is 11.4. The monoisotopic (exact) mass is 330 g/mol. The Morgan fingerprint density at radius 1 is 1.33 bits per heavy atom. The van der Waals surface area contributed by atoms with Crippen molar-refractivity contribution in [3.63, 3.8) is 0 Å². The van der Waals surface area contributed by atoms with E-state index in [1.807, 2.05) is 27.2 Å². The zero-order valence-corrected chi connectivity index (χ0v) is 14.3. The predicted molar refractivity (Wildman–Crippen MR) is 90.3 cm³/mol. The number of benzene rings is 1. The van der Waals surface area contributed by atoms with Gasteiger partial charge in [0.15, 0.2) is 0 Å². The summed E-state index contributed by atoms with van der Waals surface area (Å²) in [5, 5.41) is 7.44. The van der Waals surface area contributed by atoms with Crippen LogP contribution in [-0.4, -0.2) is 40.7 Å². The van der Waals surface area contributed by atoms with Gasteiger partial charge in [-0.05, 0) is 58.1 Å². The van der Waals surface area contributed by atoms with Crippen LogP contribution in [0.25, 0.3) is 5.69 Å². The van der Waals surface area contributed by atoms with Gasteiger partial charge in [0.25, 0.3) is 0 Å². The Labute approximate surface area is 141 Å². The Hall–Kier alpha value is -2.21. The molecule has 0 unspecified atom stereocenters. The highest BCUT2D eigenvalue weighted by Gasteiger charge is 2.35. The molecular weight excluding hydrogens is 307 g/mol. The van der Waals surface area contributed by atoms with Gasteiger partial charge >= 0.3 is 0 Å². The van der Waals surface area contributed by atoms with E-state index in [1.54, 1.807) is 16.8 Å². The van der Waals surface area contributed by atoms with Crippen LogP contribution in [0.15, 0.2) is 30.5 Å². The fourth-order valence-electron chi connectivity index (χ4n) is 2.95. The highest BCUT2D eigenvalue weighted by atomic mass is 19.1. The Bertz CT molecular complexity index is 717. The molecule has 3 rings (SSSR count). The number of aromatic nitrogens is 2. The van der Waals surface area contributed by atoms with Gasteiger partial charge in [0.2, 0.25) is 5.91 Å². The summed E-state index contributed by atoms with van der Waals surface area (Å²) in [6, 6.07) is 6.69. The number of nitrogens with zero attached hydrogens (tertiary/aromatic N) is 3. The van der Waals surface area contributed by atoms with Crippen LogP contribution >= 0.6 is 0 Å². The van der Waals surface area contributed by atoms with Crippen molar-refractivity contribution in [2.45, 2.75) is 32.4 Å². The average molecular weight is 330 g/mol. The van der Waals surface area contributed by atoms with Crippen molar-refractivity contribution in [3.8, 4) is 5.69 Å². The molecule has 0 spiro atoms. The molecule has 0 bridgehead atoms. The molecule has 0 radical (unpaired) electrons. The standard InChI is InChI=1S/C18H23FN4O/c1-12-14(10-20-18(24)13-8-17(9-13)22(2)3)11-23(21-12)16-6-4-15(19)5-7-16/h4-7,11,13,17H,8-10H2,1-3H3,(H,20,24). The maximum absolute atomic E-state index is 13.0. The molecule has 0 atom stereocenters. The lowest BCUT2D eigenvalue weighted by atomic mass is 9.79. The first-order valence-corrected chi connectivity index (χ1v) is 8.19. The first kappa shape index (κ1) is 16.6. The van der Waals surface area contributed by atoms with Crippen LogP contribution in [0.1, 0.15) is 24.1 Å². The second kappa shape index (κ2) is 6.73. The minimum Gasteiger partial charge on any atom is -0.352 e. The summed E-state index contributed by atoms with van der Waals surface area (Å²) >= 11 is 0. The van der Waals surface area contributed by atoms with Crippen LogP contribution < -0.4 is 5.32 Å². The summed E-state index contributed by atoms with van der Waals surface area (Å²) in [6.07, 6.45) is 3.73. The number of hydrogen-bond donors (Lipinski definition) is 1. The van der Waals surface area contributed by atoms with Crippen molar-refractivity contribution in [2.75, 3.05) is 14.1 Å². The minimum atomic E-state index is -0.272. The zero-order valence-electron chi connectivity index (χ0n) is 14.3. The Morgan fingerprint density at radius 2 is 2.00 bits per heavy atom. The second-order valence-electron chi connectivity index (χ2n) is 6.66. The summed E-state index contributed by atoms with van der Waals surface area (Å²) < 4.78 is 14.7.